The summed E-state index contributed by atoms with van der Waals surface area (Å²) in [5, 5.41) is 10.4. The van der Waals surface area contributed by atoms with E-state index in [1.165, 1.54) is 0 Å². The highest BCUT2D eigenvalue weighted by molar-refractivity contribution is 5.79. The third-order valence-electron chi connectivity index (χ3n) is 5.20. The fraction of sp³-hybridized carbons (Fsp3) is 0.240. The average Bonchev–Trinajstić information content (AvgIpc) is 3.03. The number of likely N-dealkylation sites (tertiary alicyclic amines) is 1. The summed E-state index contributed by atoms with van der Waals surface area (Å²) in [7, 11) is 0. The van der Waals surface area contributed by atoms with Gasteiger partial charge in [-0.3, -0.25) is 4.79 Å². The van der Waals surface area contributed by atoms with Gasteiger partial charge in [0.25, 0.3) is 0 Å². The Kier molecular flexibility index (Phi) is 6.42. The van der Waals surface area contributed by atoms with Crippen molar-refractivity contribution in [3.63, 3.8) is 0 Å². The molecule has 0 aliphatic carbocycles. The SMILES string of the molecule is O=C1C[C@@H](O)[C@@H](COCc2ccccc2)N1Cc1ccc(Oc2ccccc2)cc1. The van der Waals surface area contributed by atoms with Gasteiger partial charge < -0.3 is 19.5 Å². The smallest absolute Gasteiger partial charge is 0.225 e. The van der Waals surface area contributed by atoms with Crippen molar-refractivity contribution in [3.8, 4) is 11.5 Å². The molecule has 1 N–H and O–H groups in total. The minimum atomic E-state index is -0.714. The Morgan fingerprint density at radius 3 is 2.17 bits per heavy atom. The normalized spacial score (nSPS) is 18.6. The van der Waals surface area contributed by atoms with Gasteiger partial charge >= 0.3 is 0 Å². The van der Waals surface area contributed by atoms with Crippen LogP contribution in [0.5, 0.6) is 11.5 Å². The number of ether oxygens (including phenoxy) is 2. The third kappa shape index (κ3) is 5.06. The summed E-state index contributed by atoms with van der Waals surface area (Å²) >= 11 is 0. The maximum atomic E-state index is 12.4. The maximum Gasteiger partial charge on any atom is 0.225 e. The highest BCUT2D eigenvalue weighted by atomic mass is 16.5. The van der Waals surface area contributed by atoms with Crippen LogP contribution in [-0.2, 0) is 22.7 Å². The van der Waals surface area contributed by atoms with E-state index in [0.29, 0.717) is 19.8 Å². The van der Waals surface area contributed by atoms with Gasteiger partial charge in [0, 0.05) is 6.54 Å². The highest BCUT2D eigenvalue weighted by Crippen LogP contribution is 2.25. The Balaban J connectivity index is 1.36. The Morgan fingerprint density at radius 1 is 0.833 bits per heavy atom. The molecule has 5 nitrogen and oxygen atoms in total. The van der Waals surface area contributed by atoms with Crippen LogP contribution in [0.15, 0.2) is 84.9 Å². The van der Waals surface area contributed by atoms with Crippen LogP contribution >= 0.6 is 0 Å². The fourth-order valence-electron chi connectivity index (χ4n) is 3.59. The first-order valence-electron chi connectivity index (χ1n) is 10.1. The molecular formula is C25H25NO4. The van der Waals surface area contributed by atoms with Crippen LogP contribution in [0, 0.1) is 0 Å². The molecule has 0 saturated carbocycles. The molecule has 1 aliphatic rings. The van der Waals surface area contributed by atoms with Crippen LogP contribution in [0.2, 0.25) is 0 Å². The van der Waals surface area contributed by atoms with E-state index in [2.05, 4.69) is 0 Å². The van der Waals surface area contributed by atoms with Gasteiger partial charge in [0.05, 0.1) is 31.8 Å². The van der Waals surface area contributed by atoms with Gasteiger partial charge in [0.1, 0.15) is 11.5 Å². The second kappa shape index (κ2) is 9.57. The summed E-state index contributed by atoms with van der Waals surface area (Å²) in [6.07, 6.45) is -0.580. The van der Waals surface area contributed by atoms with Crippen LogP contribution in [0.1, 0.15) is 17.5 Å². The van der Waals surface area contributed by atoms with E-state index in [0.717, 1.165) is 22.6 Å². The Bertz CT molecular complexity index is 944. The summed E-state index contributed by atoms with van der Waals surface area (Å²) in [6, 6.07) is 26.8. The summed E-state index contributed by atoms with van der Waals surface area (Å²) in [6.45, 7) is 1.19. The number of benzene rings is 3. The Morgan fingerprint density at radius 2 is 1.47 bits per heavy atom. The molecule has 1 heterocycles. The first-order chi connectivity index (χ1) is 14.7. The molecular weight excluding hydrogens is 378 g/mol. The van der Waals surface area contributed by atoms with Crippen LogP contribution in [0.4, 0.5) is 0 Å². The van der Waals surface area contributed by atoms with Crippen molar-refractivity contribution < 1.29 is 19.4 Å². The predicted octanol–water partition coefficient (Wildman–Crippen LogP) is 4.16. The molecule has 0 radical (unpaired) electrons. The lowest BCUT2D eigenvalue weighted by molar-refractivity contribution is -0.130. The number of para-hydroxylation sites is 1. The van der Waals surface area contributed by atoms with E-state index in [-0.39, 0.29) is 18.4 Å². The predicted molar refractivity (Wildman–Crippen MR) is 114 cm³/mol. The zero-order valence-corrected chi connectivity index (χ0v) is 16.7. The van der Waals surface area contributed by atoms with Crippen LogP contribution in [-0.4, -0.2) is 34.7 Å². The number of amides is 1. The van der Waals surface area contributed by atoms with Gasteiger partial charge in [-0.2, -0.15) is 0 Å². The largest absolute Gasteiger partial charge is 0.457 e. The topological polar surface area (TPSA) is 59.0 Å². The molecule has 3 aromatic rings. The number of nitrogens with zero attached hydrogens (tertiary/aromatic N) is 1. The molecule has 5 heteroatoms. The van der Waals surface area contributed by atoms with Crippen molar-refractivity contribution in [2.24, 2.45) is 0 Å². The summed E-state index contributed by atoms with van der Waals surface area (Å²) in [5.74, 6) is 1.46. The number of aliphatic hydroxyl groups excluding tert-OH is 1. The van der Waals surface area contributed by atoms with Crippen molar-refractivity contribution in [1.82, 2.24) is 4.90 Å². The number of carbonyl (C=O) groups excluding carboxylic acids is 1. The zero-order valence-electron chi connectivity index (χ0n) is 16.7. The number of rotatable bonds is 8. The van der Waals surface area contributed by atoms with Crippen molar-refractivity contribution in [1.29, 1.82) is 0 Å². The van der Waals surface area contributed by atoms with Crippen LogP contribution < -0.4 is 4.74 Å². The van der Waals surface area contributed by atoms with Gasteiger partial charge in [0.15, 0.2) is 0 Å². The molecule has 3 aromatic carbocycles. The quantitative estimate of drug-likeness (QED) is 0.614. The van der Waals surface area contributed by atoms with Crippen molar-refractivity contribution in [3.05, 3.63) is 96.1 Å². The summed E-state index contributed by atoms with van der Waals surface area (Å²) in [4.78, 5) is 14.1. The van der Waals surface area contributed by atoms with E-state index >= 15 is 0 Å². The van der Waals surface area contributed by atoms with E-state index in [4.69, 9.17) is 9.47 Å². The molecule has 1 fully saturated rings. The molecule has 2 atom stereocenters. The molecule has 4 rings (SSSR count). The monoisotopic (exact) mass is 403 g/mol. The zero-order chi connectivity index (χ0) is 20.8. The minimum Gasteiger partial charge on any atom is -0.457 e. The molecule has 30 heavy (non-hydrogen) atoms. The molecule has 154 valence electrons. The van der Waals surface area contributed by atoms with E-state index in [1.807, 2.05) is 84.9 Å². The number of hydrogen-bond donors (Lipinski definition) is 1. The molecule has 1 amide bonds. The first kappa shape index (κ1) is 20.1. The Labute approximate surface area is 176 Å². The van der Waals surface area contributed by atoms with Crippen LogP contribution in [0.3, 0.4) is 0 Å². The van der Waals surface area contributed by atoms with Crippen LogP contribution in [0.25, 0.3) is 0 Å². The van der Waals surface area contributed by atoms with E-state index in [9.17, 15) is 9.90 Å². The van der Waals surface area contributed by atoms with Gasteiger partial charge in [-0.15, -0.1) is 0 Å². The molecule has 1 aliphatic heterocycles. The van der Waals surface area contributed by atoms with Crippen molar-refractivity contribution >= 4 is 5.91 Å². The maximum absolute atomic E-state index is 12.4. The van der Waals surface area contributed by atoms with E-state index in [1.54, 1.807) is 4.90 Å². The number of carbonyl (C=O) groups is 1. The standard InChI is InChI=1S/C25H25NO4/c27-24-15-25(28)26(23(24)18-29-17-20-7-3-1-4-8-20)16-19-11-13-22(14-12-19)30-21-9-5-2-6-10-21/h1-14,23-24,27H,15-18H2/t23-,24-/m1/s1. The van der Waals surface area contributed by atoms with Crippen molar-refractivity contribution in [2.45, 2.75) is 31.7 Å². The van der Waals surface area contributed by atoms with Gasteiger partial charge in [0.2, 0.25) is 5.91 Å². The Hall–Kier alpha value is -3.15. The summed E-state index contributed by atoms with van der Waals surface area (Å²) in [5.41, 5.74) is 2.04. The molecule has 0 spiro atoms. The molecule has 1 saturated heterocycles. The lowest BCUT2D eigenvalue weighted by Crippen LogP contribution is -2.40. The third-order valence-corrected chi connectivity index (χ3v) is 5.20. The average molecular weight is 403 g/mol. The number of hydrogen-bond acceptors (Lipinski definition) is 4. The van der Waals surface area contributed by atoms with Gasteiger partial charge in [-0.25, -0.2) is 0 Å². The summed E-state index contributed by atoms with van der Waals surface area (Å²) < 4.78 is 11.6. The molecule has 0 aromatic heterocycles. The first-order valence-corrected chi connectivity index (χ1v) is 10.1. The molecule has 0 unspecified atom stereocenters. The lowest BCUT2D eigenvalue weighted by atomic mass is 10.1. The van der Waals surface area contributed by atoms with Gasteiger partial charge in [-0.1, -0.05) is 60.7 Å². The minimum absolute atomic E-state index is 0.0552. The highest BCUT2D eigenvalue weighted by Gasteiger charge is 2.38. The fourth-order valence-corrected chi connectivity index (χ4v) is 3.59. The number of aliphatic hydroxyl groups is 1. The van der Waals surface area contributed by atoms with Gasteiger partial charge in [-0.05, 0) is 35.4 Å². The van der Waals surface area contributed by atoms with Crippen molar-refractivity contribution in [2.75, 3.05) is 6.61 Å². The molecule has 0 bridgehead atoms. The second-order valence-corrected chi connectivity index (χ2v) is 7.42. The lowest BCUT2D eigenvalue weighted by Gasteiger charge is -2.26. The van der Waals surface area contributed by atoms with E-state index < -0.39 is 6.10 Å². The second-order valence-electron chi connectivity index (χ2n) is 7.42.